The van der Waals surface area contributed by atoms with Crippen LogP contribution in [0.1, 0.15) is 23.0 Å². The van der Waals surface area contributed by atoms with Gasteiger partial charge < -0.3 is 14.5 Å². The second-order valence-electron chi connectivity index (χ2n) is 7.50. The summed E-state index contributed by atoms with van der Waals surface area (Å²) in [6.45, 7) is 1.42. The third-order valence-corrected chi connectivity index (χ3v) is 6.50. The number of amides is 1. The van der Waals surface area contributed by atoms with Crippen LogP contribution >= 0.6 is 0 Å². The van der Waals surface area contributed by atoms with Gasteiger partial charge in [-0.25, -0.2) is 17.9 Å². The van der Waals surface area contributed by atoms with Gasteiger partial charge in [-0.2, -0.15) is 0 Å². The van der Waals surface area contributed by atoms with Crippen LogP contribution < -0.4 is 10.0 Å². The molecule has 0 aliphatic carbocycles. The first kappa shape index (κ1) is 23.2. The standard InChI is InChI=1S/C25H22N2O6S/c1-17(24(28)27-23-13-5-8-18-7-2-3-12-22(18)23)33-25(29)19-9-4-11-21(15-19)34(30,31)26-16-20-10-6-14-32-20/h2-15,17,26H,16H2,1H3,(H,27,28). The molecule has 0 radical (unpaired) electrons. The van der Waals surface area contributed by atoms with Crippen molar-refractivity contribution in [3.8, 4) is 0 Å². The largest absolute Gasteiger partial charge is 0.468 e. The van der Waals surface area contributed by atoms with E-state index in [0.29, 0.717) is 11.4 Å². The van der Waals surface area contributed by atoms with E-state index in [1.54, 1.807) is 18.2 Å². The van der Waals surface area contributed by atoms with Gasteiger partial charge >= 0.3 is 5.97 Å². The Bertz CT molecular complexity index is 1430. The van der Waals surface area contributed by atoms with E-state index in [4.69, 9.17) is 9.15 Å². The van der Waals surface area contributed by atoms with Crippen molar-refractivity contribution >= 4 is 38.4 Å². The summed E-state index contributed by atoms with van der Waals surface area (Å²) >= 11 is 0. The fourth-order valence-corrected chi connectivity index (χ4v) is 4.34. The van der Waals surface area contributed by atoms with E-state index in [1.165, 1.54) is 37.5 Å². The fraction of sp³-hybridized carbons (Fsp3) is 0.120. The van der Waals surface area contributed by atoms with E-state index in [2.05, 4.69) is 10.0 Å². The molecule has 1 aromatic heterocycles. The van der Waals surface area contributed by atoms with Gasteiger partial charge in [-0.3, -0.25) is 4.79 Å². The molecule has 9 heteroatoms. The predicted octanol–water partition coefficient (Wildman–Crippen LogP) is 4.10. The normalized spacial score (nSPS) is 12.3. The summed E-state index contributed by atoms with van der Waals surface area (Å²) < 4.78 is 38.0. The minimum Gasteiger partial charge on any atom is -0.468 e. The number of nitrogens with one attached hydrogen (secondary N) is 2. The van der Waals surface area contributed by atoms with E-state index in [-0.39, 0.29) is 17.0 Å². The number of ether oxygens (including phenoxy) is 1. The lowest BCUT2D eigenvalue weighted by Gasteiger charge is -2.15. The molecule has 1 amide bonds. The van der Waals surface area contributed by atoms with Crippen LogP contribution in [-0.4, -0.2) is 26.4 Å². The Morgan fingerprint density at radius 1 is 0.971 bits per heavy atom. The summed E-state index contributed by atoms with van der Waals surface area (Å²) in [7, 11) is -3.90. The second-order valence-corrected chi connectivity index (χ2v) is 9.26. The second kappa shape index (κ2) is 9.90. The van der Waals surface area contributed by atoms with Crippen molar-refractivity contribution in [3.63, 3.8) is 0 Å². The molecule has 1 atom stereocenters. The molecule has 2 N–H and O–H groups in total. The van der Waals surface area contributed by atoms with Crippen molar-refractivity contribution in [3.05, 3.63) is 96.4 Å². The first-order valence-electron chi connectivity index (χ1n) is 10.5. The number of hydrogen-bond donors (Lipinski definition) is 2. The van der Waals surface area contributed by atoms with E-state index in [9.17, 15) is 18.0 Å². The number of sulfonamides is 1. The average molecular weight is 479 g/mol. The van der Waals surface area contributed by atoms with Gasteiger partial charge in [0.05, 0.1) is 23.3 Å². The molecule has 0 saturated heterocycles. The lowest BCUT2D eigenvalue weighted by Crippen LogP contribution is -2.30. The Morgan fingerprint density at radius 2 is 1.74 bits per heavy atom. The van der Waals surface area contributed by atoms with Crippen LogP contribution in [0, 0.1) is 0 Å². The Balaban J connectivity index is 1.42. The third kappa shape index (κ3) is 5.33. The molecule has 4 aromatic rings. The lowest BCUT2D eigenvalue weighted by molar-refractivity contribution is -0.123. The molecular weight excluding hydrogens is 456 g/mol. The number of benzene rings is 3. The van der Waals surface area contributed by atoms with Crippen molar-refractivity contribution in [2.24, 2.45) is 0 Å². The highest BCUT2D eigenvalue weighted by molar-refractivity contribution is 7.89. The van der Waals surface area contributed by atoms with Crippen molar-refractivity contribution < 1.29 is 27.2 Å². The molecule has 0 aliphatic rings. The summed E-state index contributed by atoms with van der Waals surface area (Å²) in [5, 5.41) is 4.60. The van der Waals surface area contributed by atoms with Crippen LogP contribution in [0.15, 0.2) is 94.4 Å². The van der Waals surface area contributed by atoms with Crippen LogP contribution in [0.2, 0.25) is 0 Å². The lowest BCUT2D eigenvalue weighted by atomic mass is 10.1. The van der Waals surface area contributed by atoms with Gasteiger partial charge in [0, 0.05) is 11.1 Å². The number of rotatable bonds is 8. The first-order valence-corrected chi connectivity index (χ1v) is 11.9. The minimum atomic E-state index is -3.90. The highest BCUT2D eigenvalue weighted by Gasteiger charge is 2.22. The third-order valence-electron chi connectivity index (χ3n) is 5.10. The monoisotopic (exact) mass is 478 g/mol. The maximum atomic E-state index is 12.6. The van der Waals surface area contributed by atoms with Gasteiger partial charge in [-0.1, -0.05) is 42.5 Å². The van der Waals surface area contributed by atoms with Gasteiger partial charge in [0.2, 0.25) is 10.0 Å². The maximum Gasteiger partial charge on any atom is 0.338 e. The molecule has 0 fully saturated rings. The topological polar surface area (TPSA) is 115 Å². The van der Waals surface area contributed by atoms with Crippen LogP contribution in [0.25, 0.3) is 10.8 Å². The maximum absolute atomic E-state index is 12.6. The zero-order chi connectivity index (χ0) is 24.1. The smallest absolute Gasteiger partial charge is 0.338 e. The van der Waals surface area contributed by atoms with Crippen molar-refractivity contribution in [1.82, 2.24) is 4.72 Å². The summed E-state index contributed by atoms with van der Waals surface area (Å²) in [6, 6.07) is 21.8. The number of anilines is 1. The van der Waals surface area contributed by atoms with E-state index < -0.39 is 28.0 Å². The summed E-state index contributed by atoms with van der Waals surface area (Å²) in [4.78, 5) is 25.1. The highest BCUT2D eigenvalue weighted by atomic mass is 32.2. The molecule has 1 heterocycles. The van der Waals surface area contributed by atoms with Gasteiger partial charge in [0.15, 0.2) is 6.10 Å². The Labute approximate surface area is 196 Å². The van der Waals surface area contributed by atoms with E-state index in [1.807, 2.05) is 36.4 Å². The van der Waals surface area contributed by atoms with Crippen molar-refractivity contribution in [2.75, 3.05) is 5.32 Å². The Morgan fingerprint density at radius 3 is 2.53 bits per heavy atom. The quantitative estimate of drug-likeness (QED) is 0.369. The van der Waals surface area contributed by atoms with Crippen molar-refractivity contribution in [2.45, 2.75) is 24.5 Å². The molecular formula is C25H22N2O6S. The SMILES string of the molecule is CC(OC(=O)c1cccc(S(=O)(=O)NCc2ccco2)c1)C(=O)Nc1cccc2ccccc12. The van der Waals surface area contributed by atoms with E-state index >= 15 is 0 Å². The minimum absolute atomic E-state index is 0.00526. The van der Waals surface area contributed by atoms with Gasteiger partial charge in [-0.15, -0.1) is 0 Å². The van der Waals surface area contributed by atoms with Gasteiger partial charge in [0.1, 0.15) is 5.76 Å². The van der Waals surface area contributed by atoms with Crippen LogP contribution in [0.5, 0.6) is 0 Å². The molecule has 8 nitrogen and oxygen atoms in total. The predicted molar refractivity (Wildman–Crippen MR) is 127 cm³/mol. The number of esters is 1. The summed E-state index contributed by atoms with van der Waals surface area (Å²) in [5.41, 5.74) is 0.604. The number of furan rings is 1. The molecule has 0 spiro atoms. The molecule has 3 aromatic carbocycles. The molecule has 1 unspecified atom stereocenters. The summed E-state index contributed by atoms with van der Waals surface area (Å²) in [5.74, 6) is -0.873. The number of hydrogen-bond acceptors (Lipinski definition) is 6. The molecule has 0 saturated carbocycles. The average Bonchev–Trinajstić information content (AvgIpc) is 3.37. The summed E-state index contributed by atoms with van der Waals surface area (Å²) in [6.07, 6.45) is 0.335. The number of carbonyl (C=O) groups is 2. The zero-order valence-corrected chi connectivity index (χ0v) is 19.0. The molecule has 0 aliphatic heterocycles. The van der Waals surface area contributed by atoms with Crippen molar-refractivity contribution in [1.29, 1.82) is 0 Å². The molecule has 0 bridgehead atoms. The van der Waals surface area contributed by atoms with Crippen LogP contribution in [0.4, 0.5) is 5.69 Å². The Kier molecular flexibility index (Phi) is 6.76. The zero-order valence-electron chi connectivity index (χ0n) is 18.2. The number of fused-ring (bicyclic) bond motifs is 1. The van der Waals surface area contributed by atoms with Crippen LogP contribution in [-0.2, 0) is 26.1 Å². The Hall–Kier alpha value is -3.95. The molecule has 4 rings (SSSR count). The van der Waals surface area contributed by atoms with Gasteiger partial charge in [0.25, 0.3) is 5.91 Å². The van der Waals surface area contributed by atoms with E-state index in [0.717, 1.165) is 10.8 Å². The van der Waals surface area contributed by atoms with Crippen LogP contribution in [0.3, 0.4) is 0 Å². The molecule has 34 heavy (non-hydrogen) atoms. The first-order chi connectivity index (χ1) is 16.3. The number of carbonyl (C=O) groups excluding carboxylic acids is 2. The fourth-order valence-electron chi connectivity index (χ4n) is 3.30. The van der Waals surface area contributed by atoms with Gasteiger partial charge in [-0.05, 0) is 48.7 Å². The molecule has 174 valence electrons. The highest BCUT2D eigenvalue weighted by Crippen LogP contribution is 2.23.